The molecular weight excluding hydrogens is 391 g/mol. The van der Waals surface area contributed by atoms with E-state index in [1.54, 1.807) is 18.2 Å². The molecule has 0 saturated heterocycles. The molecule has 0 unspecified atom stereocenters. The van der Waals surface area contributed by atoms with Crippen molar-refractivity contribution in [2.45, 2.75) is 27.7 Å². The molecule has 5 heteroatoms. The van der Waals surface area contributed by atoms with E-state index in [1.807, 2.05) is 58.0 Å². The number of nitrogens with zero attached hydrogens (tertiary/aromatic N) is 1. The number of imide groups is 1. The molecule has 4 nitrogen and oxygen atoms in total. The SMILES string of the molecule is Cc1ccc(C2=C(Nc3ccc(F)cc3)C(=O)N(c3ccc(C)c(C)c3)C2=O)c(C)c1. The van der Waals surface area contributed by atoms with E-state index < -0.39 is 5.91 Å². The van der Waals surface area contributed by atoms with Gasteiger partial charge in [0.15, 0.2) is 0 Å². The Morgan fingerprint density at radius 2 is 1.45 bits per heavy atom. The maximum Gasteiger partial charge on any atom is 0.282 e. The number of carbonyl (C=O) groups excluding carboxylic acids is 2. The van der Waals surface area contributed by atoms with Crippen molar-refractivity contribution in [3.05, 3.63) is 100.0 Å². The second kappa shape index (κ2) is 7.84. The normalized spacial score (nSPS) is 13.9. The largest absolute Gasteiger partial charge is 0.350 e. The summed E-state index contributed by atoms with van der Waals surface area (Å²) in [6.45, 7) is 7.82. The van der Waals surface area contributed by atoms with Gasteiger partial charge in [-0.05, 0) is 86.3 Å². The van der Waals surface area contributed by atoms with Crippen LogP contribution in [-0.4, -0.2) is 11.8 Å². The smallest absolute Gasteiger partial charge is 0.282 e. The lowest BCUT2D eigenvalue weighted by Crippen LogP contribution is -2.32. The van der Waals surface area contributed by atoms with Gasteiger partial charge >= 0.3 is 0 Å². The Morgan fingerprint density at radius 1 is 0.742 bits per heavy atom. The predicted molar refractivity (Wildman–Crippen MR) is 121 cm³/mol. The Labute approximate surface area is 181 Å². The van der Waals surface area contributed by atoms with Crippen molar-refractivity contribution in [3.63, 3.8) is 0 Å². The van der Waals surface area contributed by atoms with Crippen LogP contribution in [0.25, 0.3) is 5.57 Å². The number of benzene rings is 3. The van der Waals surface area contributed by atoms with Crippen LogP contribution < -0.4 is 10.2 Å². The summed E-state index contributed by atoms with van der Waals surface area (Å²) in [7, 11) is 0. The van der Waals surface area contributed by atoms with Crippen LogP contribution in [0.15, 0.2) is 66.4 Å². The zero-order valence-corrected chi connectivity index (χ0v) is 17.9. The zero-order chi connectivity index (χ0) is 22.3. The molecule has 1 N–H and O–H groups in total. The summed E-state index contributed by atoms with van der Waals surface area (Å²) < 4.78 is 13.4. The van der Waals surface area contributed by atoms with Gasteiger partial charge in [-0.25, -0.2) is 9.29 Å². The van der Waals surface area contributed by atoms with E-state index in [-0.39, 0.29) is 17.4 Å². The van der Waals surface area contributed by atoms with Crippen molar-refractivity contribution in [1.82, 2.24) is 0 Å². The van der Waals surface area contributed by atoms with E-state index in [0.29, 0.717) is 22.5 Å². The van der Waals surface area contributed by atoms with E-state index in [2.05, 4.69) is 5.32 Å². The minimum Gasteiger partial charge on any atom is -0.350 e. The van der Waals surface area contributed by atoms with Gasteiger partial charge in [0.1, 0.15) is 11.5 Å². The fourth-order valence-electron chi connectivity index (χ4n) is 3.77. The first kappa shape index (κ1) is 20.5. The number of nitrogens with one attached hydrogen (secondary N) is 1. The summed E-state index contributed by atoms with van der Waals surface area (Å²) in [5.41, 5.74) is 6.28. The van der Waals surface area contributed by atoms with Crippen LogP contribution in [0.5, 0.6) is 0 Å². The summed E-state index contributed by atoms with van der Waals surface area (Å²) in [4.78, 5) is 28.2. The number of carbonyl (C=O) groups is 2. The molecule has 3 aromatic carbocycles. The third kappa shape index (κ3) is 3.75. The molecule has 4 rings (SSSR count). The maximum atomic E-state index is 13.6. The third-order valence-electron chi connectivity index (χ3n) is 5.60. The predicted octanol–water partition coefficient (Wildman–Crippen LogP) is 5.46. The van der Waals surface area contributed by atoms with Gasteiger partial charge in [-0.3, -0.25) is 9.59 Å². The Balaban J connectivity index is 1.86. The maximum absolute atomic E-state index is 13.6. The highest BCUT2D eigenvalue weighted by molar-refractivity contribution is 6.46. The molecule has 0 aliphatic carbocycles. The fourth-order valence-corrected chi connectivity index (χ4v) is 3.77. The molecule has 31 heavy (non-hydrogen) atoms. The third-order valence-corrected chi connectivity index (χ3v) is 5.60. The van der Waals surface area contributed by atoms with Gasteiger partial charge in [-0.15, -0.1) is 0 Å². The molecule has 0 atom stereocenters. The highest BCUT2D eigenvalue weighted by Gasteiger charge is 2.40. The van der Waals surface area contributed by atoms with Crippen LogP contribution in [0.4, 0.5) is 15.8 Å². The van der Waals surface area contributed by atoms with Gasteiger partial charge < -0.3 is 5.32 Å². The van der Waals surface area contributed by atoms with Gasteiger partial charge in [-0.1, -0.05) is 29.8 Å². The van der Waals surface area contributed by atoms with Gasteiger partial charge in [0.2, 0.25) is 0 Å². The molecule has 2 amide bonds. The number of halogens is 1. The number of hydrogen-bond donors (Lipinski definition) is 1. The molecule has 3 aromatic rings. The van der Waals surface area contributed by atoms with Crippen LogP contribution >= 0.6 is 0 Å². The number of amides is 2. The van der Waals surface area contributed by atoms with Crippen LogP contribution in [-0.2, 0) is 9.59 Å². The van der Waals surface area contributed by atoms with Gasteiger partial charge in [0.25, 0.3) is 11.8 Å². The Morgan fingerprint density at radius 3 is 2.10 bits per heavy atom. The van der Waals surface area contributed by atoms with Gasteiger partial charge in [-0.2, -0.15) is 0 Å². The minimum absolute atomic E-state index is 0.182. The van der Waals surface area contributed by atoms with Crippen LogP contribution in [0.2, 0.25) is 0 Å². The van der Waals surface area contributed by atoms with Crippen molar-refractivity contribution in [2.24, 2.45) is 0 Å². The number of anilines is 2. The van der Waals surface area contributed by atoms with Crippen LogP contribution in [0.1, 0.15) is 27.8 Å². The molecule has 1 heterocycles. The van der Waals surface area contributed by atoms with Crippen LogP contribution in [0.3, 0.4) is 0 Å². The number of rotatable bonds is 4. The molecule has 0 bridgehead atoms. The first-order valence-electron chi connectivity index (χ1n) is 10.1. The lowest BCUT2D eigenvalue weighted by Gasteiger charge is -2.17. The summed E-state index contributed by atoms with van der Waals surface area (Å²) >= 11 is 0. The Hall–Kier alpha value is -3.73. The van der Waals surface area contributed by atoms with E-state index in [1.165, 1.54) is 17.0 Å². The van der Waals surface area contributed by atoms with Crippen LogP contribution in [0, 0.1) is 33.5 Å². The first-order chi connectivity index (χ1) is 14.8. The summed E-state index contributed by atoms with van der Waals surface area (Å²) in [5.74, 6) is -1.20. The average Bonchev–Trinajstić information content (AvgIpc) is 2.96. The summed E-state index contributed by atoms with van der Waals surface area (Å²) in [5, 5.41) is 3.07. The monoisotopic (exact) mass is 414 g/mol. The number of aryl methyl sites for hydroxylation is 4. The standard InChI is InChI=1S/C26H23FN2O2/c1-15-5-12-22(18(4)13-15)23-24(28-20-9-7-19(27)8-10-20)26(31)29(25(23)30)21-11-6-16(2)17(3)14-21/h5-14,28H,1-4H3. The van der Waals surface area contributed by atoms with Gasteiger partial charge in [0, 0.05) is 5.69 Å². The summed E-state index contributed by atoms with van der Waals surface area (Å²) in [6.07, 6.45) is 0. The first-order valence-corrected chi connectivity index (χ1v) is 10.1. The van der Waals surface area contributed by atoms with Crippen molar-refractivity contribution in [1.29, 1.82) is 0 Å². The van der Waals surface area contributed by atoms with Crippen molar-refractivity contribution in [3.8, 4) is 0 Å². The van der Waals surface area contributed by atoms with Gasteiger partial charge in [0.05, 0.1) is 11.3 Å². The van der Waals surface area contributed by atoms with E-state index >= 15 is 0 Å². The second-order valence-corrected chi connectivity index (χ2v) is 7.91. The molecule has 0 radical (unpaired) electrons. The molecule has 0 aromatic heterocycles. The van der Waals surface area contributed by atoms with E-state index in [9.17, 15) is 14.0 Å². The molecule has 1 aliphatic rings. The molecular formula is C26H23FN2O2. The topological polar surface area (TPSA) is 49.4 Å². The molecule has 1 aliphatic heterocycles. The fraction of sp³-hybridized carbons (Fsp3) is 0.154. The highest BCUT2D eigenvalue weighted by atomic mass is 19.1. The second-order valence-electron chi connectivity index (χ2n) is 7.91. The molecule has 0 spiro atoms. The zero-order valence-electron chi connectivity index (χ0n) is 17.9. The number of hydrogen-bond acceptors (Lipinski definition) is 3. The highest BCUT2D eigenvalue weighted by Crippen LogP contribution is 2.35. The lowest BCUT2D eigenvalue weighted by atomic mass is 9.97. The molecule has 156 valence electrons. The van der Waals surface area contributed by atoms with Crippen molar-refractivity contribution in [2.75, 3.05) is 10.2 Å². The van der Waals surface area contributed by atoms with E-state index in [4.69, 9.17) is 0 Å². The minimum atomic E-state index is -0.437. The average molecular weight is 414 g/mol. The lowest BCUT2D eigenvalue weighted by molar-refractivity contribution is -0.120. The summed E-state index contributed by atoms with van der Waals surface area (Å²) in [6, 6.07) is 17.0. The molecule has 0 saturated carbocycles. The quantitative estimate of drug-likeness (QED) is 0.577. The molecule has 0 fully saturated rings. The van der Waals surface area contributed by atoms with Crippen molar-refractivity contribution < 1.29 is 14.0 Å². The Kier molecular flexibility index (Phi) is 5.19. The van der Waals surface area contributed by atoms with Crippen molar-refractivity contribution >= 4 is 28.8 Å². The Bertz CT molecular complexity index is 1240. The van der Waals surface area contributed by atoms with E-state index in [0.717, 1.165) is 22.3 Å².